The van der Waals surface area contributed by atoms with Crippen LogP contribution in [0.15, 0.2) is 35.4 Å². The highest BCUT2D eigenvalue weighted by molar-refractivity contribution is 7.21. The maximum absolute atomic E-state index is 13.8. The molecule has 0 radical (unpaired) electrons. The minimum absolute atomic E-state index is 0.00834. The van der Waals surface area contributed by atoms with Gasteiger partial charge in [0.25, 0.3) is 5.56 Å². The Morgan fingerprint density at radius 1 is 1.09 bits per heavy atom. The van der Waals surface area contributed by atoms with Crippen LogP contribution in [0.4, 0.5) is 4.39 Å². The third-order valence-corrected chi connectivity index (χ3v) is 7.86. The zero-order valence-corrected chi connectivity index (χ0v) is 27.1. The number of ether oxygens (including phenoxy) is 4. The average molecular weight is 633 g/mol. The highest BCUT2D eigenvalue weighted by Gasteiger charge is 2.22. The van der Waals surface area contributed by atoms with E-state index in [1.807, 2.05) is 27.7 Å². The van der Waals surface area contributed by atoms with Gasteiger partial charge in [0.15, 0.2) is 0 Å². The van der Waals surface area contributed by atoms with Crippen molar-refractivity contribution in [3.05, 3.63) is 57.9 Å². The van der Waals surface area contributed by atoms with Crippen molar-refractivity contribution in [2.75, 3.05) is 54.2 Å². The molecule has 0 bridgehead atoms. The maximum Gasteiger partial charge on any atom is 0.300 e. The summed E-state index contributed by atoms with van der Waals surface area (Å²) in [5, 5.41) is 9.53. The number of rotatable bonds is 14. The molecule has 4 rings (SSSR count). The van der Waals surface area contributed by atoms with Crippen LogP contribution in [-0.4, -0.2) is 89.6 Å². The molecule has 0 saturated carbocycles. The van der Waals surface area contributed by atoms with E-state index in [0.717, 1.165) is 0 Å². The normalized spacial score (nSPS) is 11.0. The number of likely N-dealkylation sites (N-methyl/N-ethyl adjacent to an activating group) is 1. The number of nitrogens with zero attached hydrogens (tertiary/aromatic N) is 6. The first-order valence-electron chi connectivity index (χ1n) is 14.3. The number of benzene rings is 1. The highest BCUT2D eigenvalue weighted by atomic mass is 32.1. The molecule has 14 heteroatoms. The monoisotopic (exact) mass is 632 g/mol. The number of halogens is 1. The minimum Gasteiger partial charge on any atom is -0.496 e. The van der Waals surface area contributed by atoms with E-state index in [-0.39, 0.29) is 42.4 Å². The Balaban J connectivity index is 0.000000801. The molecule has 0 atom stereocenters. The van der Waals surface area contributed by atoms with Gasteiger partial charge in [0, 0.05) is 57.3 Å². The number of aromatic nitrogens is 5. The van der Waals surface area contributed by atoms with Crippen LogP contribution >= 0.6 is 11.3 Å². The number of hydrogen-bond acceptors (Lipinski definition) is 10. The van der Waals surface area contributed by atoms with Crippen LogP contribution in [0.2, 0.25) is 0 Å². The molecule has 0 fully saturated rings. The molecule has 1 aromatic carbocycles. The summed E-state index contributed by atoms with van der Waals surface area (Å²) in [6, 6.07) is 4.43. The van der Waals surface area contributed by atoms with Gasteiger partial charge in [0.05, 0.1) is 44.7 Å². The number of thiophene rings is 1. The predicted molar refractivity (Wildman–Crippen MR) is 167 cm³/mol. The lowest BCUT2D eigenvalue weighted by molar-refractivity contribution is -0.134. The van der Waals surface area contributed by atoms with Gasteiger partial charge in [-0.05, 0) is 32.0 Å². The molecule has 12 nitrogen and oxygen atoms in total. The number of aryl methyl sites for hydroxylation is 1. The Hall–Kier alpha value is -3.88. The second-order valence-corrected chi connectivity index (χ2v) is 11.0. The van der Waals surface area contributed by atoms with Gasteiger partial charge >= 0.3 is 6.01 Å². The average Bonchev–Trinajstić information content (AvgIpc) is 3.66. The van der Waals surface area contributed by atoms with E-state index in [4.69, 9.17) is 9.47 Å². The smallest absolute Gasteiger partial charge is 0.300 e. The summed E-state index contributed by atoms with van der Waals surface area (Å²) in [6.07, 6.45) is 3.47. The van der Waals surface area contributed by atoms with E-state index in [1.165, 1.54) is 39.9 Å². The third-order valence-electron chi connectivity index (χ3n) is 6.71. The predicted octanol–water partition coefficient (Wildman–Crippen LogP) is 3.90. The lowest BCUT2D eigenvalue weighted by Gasteiger charge is -2.24. The minimum atomic E-state index is -0.374. The molecule has 240 valence electrons. The number of methoxy groups -OCH3 is 3. The Bertz CT molecular complexity index is 1550. The summed E-state index contributed by atoms with van der Waals surface area (Å²) >= 11 is 1.29. The van der Waals surface area contributed by atoms with E-state index in [1.54, 1.807) is 37.6 Å². The molecular formula is C30H41FN6O6S. The SMILES string of the molecule is CCN(CCn1c(OCCc2cc(F)ccc2OC)nc2sc(-n3nccn3)c(C)c2c1=O)C(=O)C(C)C.COCCOC. The molecule has 4 aromatic rings. The van der Waals surface area contributed by atoms with Gasteiger partial charge in [-0.2, -0.15) is 15.2 Å². The molecule has 1 amide bonds. The largest absolute Gasteiger partial charge is 0.496 e. The first-order chi connectivity index (χ1) is 21.2. The highest BCUT2D eigenvalue weighted by Crippen LogP contribution is 2.31. The standard InChI is InChI=1S/C26H31FN6O4S.C4H10O2/c1-6-31(23(34)16(2)3)12-13-32-24(35)21-17(4)25(33-28-10-11-29-33)38-22(21)30-26(32)37-14-9-18-15-19(27)7-8-20(18)36-5;1-5-3-4-6-2/h7-8,10-11,15-16H,6,9,12-14H2,1-5H3;3-4H2,1-2H3. The molecule has 0 aliphatic carbocycles. The van der Waals surface area contributed by atoms with Crippen molar-refractivity contribution >= 4 is 27.5 Å². The van der Waals surface area contributed by atoms with Crippen LogP contribution in [0.3, 0.4) is 0 Å². The number of carbonyl (C=O) groups is 1. The third kappa shape index (κ3) is 8.61. The van der Waals surface area contributed by atoms with Gasteiger partial charge in [0.2, 0.25) is 5.91 Å². The quantitative estimate of drug-likeness (QED) is 0.191. The maximum atomic E-state index is 13.8. The number of amides is 1. The fourth-order valence-corrected chi connectivity index (χ4v) is 5.46. The lowest BCUT2D eigenvalue weighted by Crippen LogP contribution is -2.38. The van der Waals surface area contributed by atoms with Crippen molar-refractivity contribution in [1.29, 1.82) is 0 Å². The summed E-state index contributed by atoms with van der Waals surface area (Å²) in [5.41, 5.74) is 1.09. The van der Waals surface area contributed by atoms with E-state index in [2.05, 4.69) is 24.7 Å². The van der Waals surface area contributed by atoms with Gasteiger partial charge in [-0.25, -0.2) is 4.39 Å². The molecule has 0 aliphatic heterocycles. The van der Waals surface area contributed by atoms with Gasteiger partial charge in [-0.15, -0.1) is 4.80 Å². The van der Waals surface area contributed by atoms with Crippen LogP contribution < -0.4 is 15.0 Å². The van der Waals surface area contributed by atoms with Crippen molar-refractivity contribution in [1.82, 2.24) is 29.4 Å². The molecule has 0 unspecified atom stereocenters. The van der Waals surface area contributed by atoms with Gasteiger partial charge < -0.3 is 23.8 Å². The second-order valence-electron chi connectivity index (χ2n) is 9.99. The van der Waals surface area contributed by atoms with Gasteiger partial charge in [-0.1, -0.05) is 25.2 Å². The Morgan fingerprint density at radius 2 is 1.77 bits per heavy atom. The van der Waals surface area contributed by atoms with E-state index >= 15 is 0 Å². The summed E-state index contributed by atoms with van der Waals surface area (Å²) in [4.78, 5) is 34.7. The molecule has 0 N–H and O–H groups in total. The van der Waals surface area contributed by atoms with Crippen LogP contribution in [0.5, 0.6) is 11.8 Å². The summed E-state index contributed by atoms with van der Waals surface area (Å²) in [6.45, 7) is 10.00. The number of fused-ring (bicyclic) bond motifs is 1. The van der Waals surface area contributed by atoms with Gasteiger partial charge in [-0.3, -0.25) is 14.2 Å². The fraction of sp³-hybridized carbons (Fsp3) is 0.500. The van der Waals surface area contributed by atoms with Crippen LogP contribution in [0.1, 0.15) is 31.9 Å². The Kier molecular flexibility index (Phi) is 13.2. The van der Waals surface area contributed by atoms with Crippen molar-refractivity contribution in [3.8, 4) is 16.8 Å². The molecule has 0 spiro atoms. The van der Waals surface area contributed by atoms with Gasteiger partial charge in [0.1, 0.15) is 21.4 Å². The molecule has 0 aliphatic rings. The lowest BCUT2D eigenvalue weighted by atomic mass is 10.1. The van der Waals surface area contributed by atoms with E-state index in [0.29, 0.717) is 64.8 Å². The van der Waals surface area contributed by atoms with E-state index < -0.39 is 0 Å². The first-order valence-corrected chi connectivity index (χ1v) is 15.1. The van der Waals surface area contributed by atoms with Crippen molar-refractivity contribution < 1.29 is 28.1 Å². The Labute approximate surface area is 260 Å². The summed E-state index contributed by atoms with van der Waals surface area (Å²) in [5.74, 6) is 0.0221. The first kappa shape index (κ1) is 34.6. The molecule has 3 aromatic heterocycles. The topological polar surface area (TPSA) is 123 Å². The number of hydrogen-bond donors (Lipinski definition) is 0. The van der Waals surface area contributed by atoms with Crippen LogP contribution in [0, 0.1) is 18.7 Å². The van der Waals surface area contributed by atoms with Crippen LogP contribution in [-0.2, 0) is 27.2 Å². The number of carbonyl (C=O) groups excluding carboxylic acids is 1. The summed E-state index contributed by atoms with van der Waals surface area (Å²) < 4.78 is 35.9. The molecular weight excluding hydrogens is 591 g/mol. The van der Waals surface area contributed by atoms with E-state index in [9.17, 15) is 14.0 Å². The van der Waals surface area contributed by atoms with Crippen molar-refractivity contribution in [3.63, 3.8) is 0 Å². The van der Waals surface area contributed by atoms with Crippen molar-refractivity contribution in [2.24, 2.45) is 5.92 Å². The molecule has 44 heavy (non-hydrogen) atoms. The Morgan fingerprint density at radius 3 is 2.36 bits per heavy atom. The van der Waals surface area contributed by atoms with Crippen molar-refractivity contribution in [2.45, 2.75) is 40.7 Å². The van der Waals surface area contributed by atoms with Crippen LogP contribution in [0.25, 0.3) is 15.2 Å². The molecule has 0 saturated heterocycles. The zero-order chi connectivity index (χ0) is 32.2. The zero-order valence-electron chi connectivity index (χ0n) is 26.3. The summed E-state index contributed by atoms with van der Waals surface area (Å²) in [7, 11) is 4.83. The molecule has 3 heterocycles. The fourth-order valence-electron chi connectivity index (χ4n) is 4.38. The second kappa shape index (κ2) is 16.8.